The van der Waals surface area contributed by atoms with Crippen LogP contribution in [0.1, 0.15) is 34.8 Å². The second kappa shape index (κ2) is 6.72. The van der Waals surface area contributed by atoms with Crippen LogP contribution in [0.15, 0.2) is 46.9 Å². The van der Waals surface area contributed by atoms with Gasteiger partial charge in [0.05, 0.1) is 19.3 Å². The summed E-state index contributed by atoms with van der Waals surface area (Å²) in [4.78, 5) is 15.5. The van der Waals surface area contributed by atoms with Gasteiger partial charge in [0.25, 0.3) is 0 Å². The molecule has 0 aliphatic carbocycles. The molecular weight excluding hydrogens is 310 g/mol. The van der Waals surface area contributed by atoms with Crippen LogP contribution in [0.4, 0.5) is 0 Å². The lowest BCUT2D eigenvalue weighted by Gasteiger charge is -2.09. The number of hydrogen-bond donors (Lipinski definition) is 1. The quantitative estimate of drug-likeness (QED) is 0.741. The first-order valence-electron chi connectivity index (χ1n) is 7.45. The molecule has 0 amide bonds. The van der Waals surface area contributed by atoms with Gasteiger partial charge in [-0.25, -0.2) is 9.78 Å². The number of methoxy groups -OCH3 is 1. The second-order valence-corrected chi connectivity index (χ2v) is 5.32. The van der Waals surface area contributed by atoms with Crippen LogP contribution in [0.3, 0.4) is 0 Å². The molecule has 3 rings (SSSR count). The van der Waals surface area contributed by atoms with Crippen LogP contribution in [0.5, 0.6) is 5.75 Å². The average molecular weight is 327 g/mol. The number of nitrogens with zero attached hydrogens (tertiary/aromatic N) is 1. The highest BCUT2D eigenvalue weighted by molar-refractivity contribution is 5.94. The molecule has 6 nitrogen and oxygen atoms in total. The summed E-state index contributed by atoms with van der Waals surface area (Å²) < 4.78 is 16.7. The Morgan fingerprint density at radius 3 is 2.71 bits per heavy atom. The fourth-order valence-corrected chi connectivity index (χ4v) is 2.33. The minimum Gasteiger partial charge on any atom is -0.493 e. The van der Waals surface area contributed by atoms with E-state index < -0.39 is 5.97 Å². The van der Waals surface area contributed by atoms with E-state index in [1.165, 1.54) is 19.2 Å². The van der Waals surface area contributed by atoms with E-state index in [1.54, 1.807) is 0 Å². The Morgan fingerprint density at radius 2 is 2.04 bits per heavy atom. The van der Waals surface area contributed by atoms with Crippen molar-refractivity contribution in [1.29, 1.82) is 0 Å². The maximum absolute atomic E-state index is 11.2. The third kappa shape index (κ3) is 3.23. The summed E-state index contributed by atoms with van der Waals surface area (Å²) in [6.07, 6.45) is -0.379. The van der Waals surface area contributed by atoms with E-state index in [1.807, 2.05) is 37.3 Å². The van der Waals surface area contributed by atoms with Gasteiger partial charge in [0.1, 0.15) is 11.6 Å². The Labute approximate surface area is 138 Å². The highest BCUT2D eigenvalue weighted by Gasteiger charge is 2.19. The van der Waals surface area contributed by atoms with Gasteiger partial charge >= 0.3 is 5.97 Å². The largest absolute Gasteiger partial charge is 0.493 e. The number of carboxylic acid groups (broad SMARTS) is 1. The molecule has 0 saturated carbocycles. The van der Waals surface area contributed by atoms with Crippen LogP contribution in [-0.2, 0) is 11.3 Å². The van der Waals surface area contributed by atoms with Gasteiger partial charge in [-0.15, -0.1) is 0 Å². The number of aromatic carboxylic acids is 1. The van der Waals surface area contributed by atoms with Crippen molar-refractivity contribution in [2.24, 2.45) is 0 Å². The Morgan fingerprint density at radius 1 is 1.29 bits per heavy atom. The summed E-state index contributed by atoms with van der Waals surface area (Å²) in [6.45, 7) is 2.26. The van der Waals surface area contributed by atoms with Crippen molar-refractivity contribution in [3.05, 3.63) is 59.5 Å². The van der Waals surface area contributed by atoms with Crippen LogP contribution in [0.25, 0.3) is 11.1 Å². The number of aromatic nitrogens is 1. The van der Waals surface area contributed by atoms with E-state index in [9.17, 15) is 4.79 Å². The van der Waals surface area contributed by atoms with Gasteiger partial charge in [-0.3, -0.25) is 0 Å². The van der Waals surface area contributed by atoms with Crippen molar-refractivity contribution in [2.75, 3.05) is 7.11 Å². The molecule has 0 spiro atoms. The predicted molar refractivity (Wildman–Crippen MR) is 87.2 cm³/mol. The zero-order valence-corrected chi connectivity index (χ0v) is 13.4. The van der Waals surface area contributed by atoms with E-state index >= 15 is 0 Å². The Bertz CT molecular complexity index is 856. The summed E-state index contributed by atoms with van der Waals surface area (Å²) in [5.74, 6) is -0.339. The molecule has 24 heavy (non-hydrogen) atoms. The predicted octanol–water partition coefficient (Wildman–Crippen LogP) is 3.81. The van der Waals surface area contributed by atoms with E-state index in [-0.39, 0.29) is 11.7 Å². The molecule has 1 unspecified atom stereocenters. The Balaban J connectivity index is 1.85. The van der Waals surface area contributed by atoms with Crippen LogP contribution in [0.2, 0.25) is 0 Å². The molecule has 0 aliphatic heterocycles. The van der Waals surface area contributed by atoms with Crippen LogP contribution < -0.4 is 4.74 Å². The zero-order chi connectivity index (χ0) is 17.1. The Hall–Kier alpha value is -2.86. The molecule has 0 radical (unpaired) electrons. The lowest BCUT2D eigenvalue weighted by atomic mass is 10.2. The summed E-state index contributed by atoms with van der Waals surface area (Å²) in [5.41, 5.74) is 1.98. The van der Waals surface area contributed by atoms with Gasteiger partial charge in [0, 0.05) is 0 Å². The van der Waals surface area contributed by atoms with Gasteiger partial charge in [0.15, 0.2) is 11.3 Å². The van der Waals surface area contributed by atoms with E-state index in [4.69, 9.17) is 19.0 Å². The summed E-state index contributed by atoms with van der Waals surface area (Å²) >= 11 is 0. The van der Waals surface area contributed by atoms with Gasteiger partial charge in [-0.2, -0.15) is 0 Å². The van der Waals surface area contributed by atoms with Crippen LogP contribution in [-0.4, -0.2) is 23.2 Å². The second-order valence-electron chi connectivity index (χ2n) is 5.32. The van der Waals surface area contributed by atoms with Crippen LogP contribution in [0, 0.1) is 0 Å². The van der Waals surface area contributed by atoms with Crippen molar-refractivity contribution < 1.29 is 23.8 Å². The van der Waals surface area contributed by atoms with Crippen molar-refractivity contribution in [1.82, 2.24) is 4.98 Å². The summed E-state index contributed by atoms with van der Waals surface area (Å²) in [5, 5.41) is 9.15. The number of rotatable bonds is 6. The maximum atomic E-state index is 11.2. The molecule has 124 valence electrons. The van der Waals surface area contributed by atoms with Gasteiger partial charge < -0.3 is 19.0 Å². The number of oxazole rings is 1. The van der Waals surface area contributed by atoms with E-state index in [2.05, 4.69) is 4.98 Å². The van der Waals surface area contributed by atoms with Crippen molar-refractivity contribution in [2.45, 2.75) is 19.6 Å². The number of hydrogen-bond acceptors (Lipinski definition) is 5. The zero-order valence-electron chi connectivity index (χ0n) is 13.4. The number of carboxylic acids is 1. The molecule has 1 atom stereocenters. The lowest BCUT2D eigenvalue weighted by Crippen LogP contribution is -2.00. The maximum Gasteiger partial charge on any atom is 0.335 e. The molecule has 0 saturated heterocycles. The fourth-order valence-electron chi connectivity index (χ4n) is 2.33. The number of benzene rings is 2. The summed E-state index contributed by atoms with van der Waals surface area (Å²) in [6, 6.07) is 12.6. The Kier molecular flexibility index (Phi) is 4.48. The third-order valence-electron chi connectivity index (χ3n) is 3.63. The summed E-state index contributed by atoms with van der Waals surface area (Å²) in [7, 11) is 1.46. The topological polar surface area (TPSA) is 81.8 Å². The highest BCUT2D eigenvalue weighted by atomic mass is 16.5. The molecule has 0 aliphatic rings. The lowest BCUT2D eigenvalue weighted by molar-refractivity contribution is 0.0356. The number of ether oxygens (including phenoxy) is 2. The van der Waals surface area contributed by atoms with Crippen molar-refractivity contribution >= 4 is 17.1 Å². The standard InChI is InChI=1S/C18H17NO5/c1-11(23-10-12-6-4-3-5-7-12)17-19-14-8-13(18(20)21)9-15(22-2)16(14)24-17/h3-9,11H,10H2,1-2H3,(H,20,21). The monoisotopic (exact) mass is 327 g/mol. The molecule has 1 N–H and O–H groups in total. The molecule has 1 heterocycles. The average Bonchev–Trinajstić information content (AvgIpc) is 3.03. The molecule has 1 aromatic heterocycles. The first-order valence-corrected chi connectivity index (χ1v) is 7.45. The first-order chi connectivity index (χ1) is 11.6. The normalized spacial score (nSPS) is 12.2. The third-order valence-corrected chi connectivity index (χ3v) is 3.63. The molecular formula is C18H17NO5. The van der Waals surface area contributed by atoms with Gasteiger partial charge in [-0.1, -0.05) is 30.3 Å². The smallest absolute Gasteiger partial charge is 0.335 e. The first kappa shape index (κ1) is 16.0. The SMILES string of the molecule is COc1cc(C(=O)O)cc2nc(C(C)OCc3ccccc3)oc12. The minimum atomic E-state index is -1.05. The van der Waals surface area contributed by atoms with Gasteiger partial charge in [0.2, 0.25) is 5.89 Å². The molecule has 0 fully saturated rings. The number of carbonyl (C=O) groups is 1. The minimum absolute atomic E-state index is 0.0945. The van der Waals surface area contributed by atoms with E-state index in [0.29, 0.717) is 29.3 Å². The van der Waals surface area contributed by atoms with E-state index in [0.717, 1.165) is 5.56 Å². The molecule has 2 aromatic carbocycles. The van der Waals surface area contributed by atoms with Gasteiger partial charge in [-0.05, 0) is 24.6 Å². The highest BCUT2D eigenvalue weighted by Crippen LogP contribution is 2.31. The number of fused-ring (bicyclic) bond motifs is 1. The van der Waals surface area contributed by atoms with Crippen LogP contribution >= 0.6 is 0 Å². The van der Waals surface area contributed by atoms with Crippen molar-refractivity contribution in [3.63, 3.8) is 0 Å². The molecule has 0 bridgehead atoms. The molecule has 6 heteroatoms. The van der Waals surface area contributed by atoms with Crippen molar-refractivity contribution in [3.8, 4) is 5.75 Å². The fraction of sp³-hybridized carbons (Fsp3) is 0.222. The molecule has 3 aromatic rings.